The zero-order chi connectivity index (χ0) is 14.1. The second kappa shape index (κ2) is 7.74. The fourth-order valence-corrected chi connectivity index (χ4v) is 1.28. The van der Waals surface area contributed by atoms with E-state index in [1.54, 1.807) is 24.3 Å². The van der Waals surface area contributed by atoms with Crippen molar-refractivity contribution in [2.75, 3.05) is 30.8 Å². The van der Waals surface area contributed by atoms with Gasteiger partial charge in [-0.3, -0.25) is 10.1 Å². The van der Waals surface area contributed by atoms with Gasteiger partial charge < -0.3 is 16.0 Å². The van der Waals surface area contributed by atoms with E-state index in [2.05, 4.69) is 27.2 Å². The minimum absolute atomic E-state index is 0.155. The molecule has 6 heteroatoms. The summed E-state index contributed by atoms with van der Waals surface area (Å²) < 4.78 is 0. The number of amides is 3. The van der Waals surface area contributed by atoms with Crippen LogP contribution in [0.3, 0.4) is 0 Å². The molecule has 0 aliphatic heterocycles. The van der Waals surface area contributed by atoms with Crippen LogP contribution in [-0.2, 0) is 4.79 Å². The molecule has 0 spiro atoms. The van der Waals surface area contributed by atoms with Crippen LogP contribution < -0.4 is 21.3 Å². The Morgan fingerprint density at radius 2 is 1.74 bits per heavy atom. The summed E-state index contributed by atoms with van der Waals surface area (Å²) in [6.45, 7) is 0.505. The van der Waals surface area contributed by atoms with Crippen molar-refractivity contribution in [1.29, 1.82) is 0 Å². The molecule has 0 radical (unpaired) electrons. The van der Waals surface area contributed by atoms with Crippen molar-refractivity contribution in [3.63, 3.8) is 0 Å². The maximum Gasteiger partial charge on any atom is 0.318 e. The van der Waals surface area contributed by atoms with E-state index in [-0.39, 0.29) is 18.5 Å². The standard InChI is InChI=1S/C13H16N4O2/c1-3-8-15-9-12(18)16-10-4-6-11(7-5-10)17-13(19)14-2/h1,4-7,15H,8-9H2,2H3,(H,16,18)(H2,14,17,19). The molecule has 0 atom stereocenters. The van der Waals surface area contributed by atoms with Crippen LogP contribution in [0.1, 0.15) is 0 Å². The van der Waals surface area contributed by atoms with E-state index in [0.717, 1.165) is 0 Å². The monoisotopic (exact) mass is 260 g/mol. The lowest BCUT2D eigenvalue weighted by Crippen LogP contribution is -2.28. The second-order valence-corrected chi connectivity index (χ2v) is 3.64. The second-order valence-electron chi connectivity index (χ2n) is 3.64. The van der Waals surface area contributed by atoms with Gasteiger partial charge in [-0.1, -0.05) is 5.92 Å². The van der Waals surface area contributed by atoms with Gasteiger partial charge in [-0.2, -0.15) is 0 Å². The lowest BCUT2D eigenvalue weighted by molar-refractivity contribution is -0.115. The summed E-state index contributed by atoms with van der Waals surface area (Å²) in [7, 11) is 1.53. The van der Waals surface area contributed by atoms with Gasteiger partial charge >= 0.3 is 6.03 Å². The molecule has 0 aliphatic carbocycles. The first kappa shape index (κ1) is 14.5. The molecule has 3 amide bonds. The predicted octanol–water partition coefficient (Wildman–Crippen LogP) is 0.599. The van der Waals surface area contributed by atoms with E-state index in [9.17, 15) is 9.59 Å². The third-order valence-electron chi connectivity index (χ3n) is 2.17. The van der Waals surface area contributed by atoms with Crippen molar-refractivity contribution in [3.05, 3.63) is 24.3 Å². The number of anilines is 2. The average molecular weight is 260 g/mol. The maximum absolute atomic E-state index is 11.5. The van der Waals surface area contributed by atoms with Crippen LogP contribution >= 0.6 is 0 Å². The highest BCUT2D eigenvalue weighted by atomic mass is 16.2. The molecule has 100 valence electrons. The predicted molar refractivity (Wildman–Crippen MR) is 74.9 cm³/mol. The Hall–Kier alpha value is -2.52. The number of carbonyl (C=O) groups is 2. The number of nitrogens with one attached hydrogen (secondary N) is 4. The molecule has 0 saturated heterocycles. The summed E-state index contributed by atoms with van der Waals surface area (Å²) in [5.74, 6) is 2.20. The molecule has 0 fully saturated rings. The van der Waals surface area contributed by atoms with Crippen molar-refractivity contribution in [2.45, 2.75) is 0 Å². The number of hydrogen-bond donors (Lipinski definition) is 4. The topological polar surface area (TPSA) is 82.3 Å². The van der Waals surface area contributed by atoms with E-state index in [4.69, 9.17) is 6.42 Å². The van der Waals surface area contributed by atoms with Crippen molar-refractivity contribution in [3.8, 4) is 12.3 Å². The number of benzene rings is 1. The lowest BCUT2D eigenvalue weighted by Gasteiger charge is -2.07. The fraction of sp³-hybridized carbons (Fsp3) is 0.231. The molecule has 1 aromatic carbocycles. The Kier molecular flexibility index (Phi) is 5.92. The first-order valence-corrected chi connectivity index (χ1v) is 5.68. The largest absolute Gasteiger partial charge is 0.341 e. The van der Waals surface area contributed by atoms with Crippen molar-refractivity contribution in [2.24, 2.45) is 0 Å². The van der Waals surface area contributed by atoms with Crippen molar-refractivity contribution in [1.82, 2.24) is 10.6 Å². The van der Waals surface area contributed by atoms with Gasteiger partial charge in [-0.05, 0) is 24.3 Å². The van der Waals surface area contributed by atoms with Gasteiger partial charge in [0.05, 0.1) is 13.1 Å². The van der Waals surface area contributed by atoms with Crippen LogP contribution in [0.25, 0.3) is 0 Å². The number of urea groups is 1. The highest BCUT2D eigenvalue weighted by Crippen LogP contribution is 2.13. The average Bonchev–Trinajstić information content (AvgIpc) is 2.41. The summed E-state index contributed by atoms with van der Waals surface area (Å²) in [4.78, 5) is 22.5. The van der Waals surface area contributed by atoms with E-state index in [0.29, 0.717) is 17.9 Å². The number of terminal acetylenes is 1. The Morgan fingerprint density at radius 1 is 1.16 bits per heavy atom. The quantitative estimate of drug-likeness (QED) is 0.462. The molecular formula is C13H16N4O2. The van der Waals surface area contributed by atoms with Crippen LogP contribution in [0.5, 0.6) is 0 Å². The van der Waals surface area contributed by atoms with Crippen molar-refractivity contribution >= 4 is 23.3 Å². The van der Waals surface area contributed by atoms with Crippen LogP contribution in [0, 0.1) is 12.3 Å². The fourth-order valence-electron chi connectivity index (χ4n) is 1.28. The Morgan fingerprint density at radius 3 is 2.26 bits per heavy atom. The smallest absolute Gasteiger partial charge is 0.318 e. The Balaban J connectivity index is 2.46. The Labute approximate surface area is 112 Å². The normalized spacial score (nSPS) is 9.26. The van der Waals surface area contributed by atoms with Gasteiger partial charge in [0.2, 0.25) is 5.91 Å². The van der Waals surface area contributed by atoms with E-state index in [1.807, 2.05) is 0 Å². The van der Waals surface area contributed by atoms with Crippen LogP contribution in [-0.4, -0.2) is 32.1 Å². The van der Waals surface area contributed by atoms with Gasteiger partial charge in [0.1, 0.15) is 0 Å². The zero-order valence-electron chi connectivity index (χ0n) is 10.6. The summed E-state index contributed by atoms with van der Waals surface area (Å²) in [5.41, 5.74) is 1.29. The molecule has 0 bridgehead atoms. The highest BCUT2D eigenvalue weighted by molar-refractivity contribution is 5.93. The SMILES string of the molecule is C#CCNCC(=O)Nc1ccc(NC(=O)NC)cc1. The number of rotatable bonds is 5. The third kappa shape index (κ3) is 5.57. The minimum atomic E-state index is -0.296. The van der Waals surface area contributed by atoms with Gasteiger partial charge in [-0.15, -0.1) is 6.42 Å². The van der Waals surface area contributed by atoms with Crippen molar-refractivity contribution < 1.29 is 9.59 Å². The minimum Gasteiger partial charge on any atom is -0.341 e. The van der Waals surface area contributed by atoms with Gasteiger partial charge in [0.25, 0.3) is 0 Å². The summed E-state index contributed by atoms with van der Waals surface area (Å²) in [6.07, 6.45) is 5.05. The first-order chi connectivity index (χ1) is 9.15. The van der Waals surface area contributed by atoms with E-state index >= 15 is 0 Å². The van der Waals surface area contributed by atoms with Crippen LogP contribution in [0.2, 0.25) is 0 Å². The van der Waals surface area contributed by atoms with E-state index < -0.39 is 0 Å². The van der Waals surface area contributed by atoms with Gasteiger partial charge in [-0.25, -0.2) is 4.79 Å². The summed E-state index contributed by atoms with van der Waals surface area (Å²) >= 11 is 0. The third-order valence-corrected chi connectivity index (χ3v) is 2.17. The molecule has 0 aliphatic rings. The number of hydrogen-bond acceptors (Lipinski definition) is 3. The molecular weight excluding hydrogens is 244 g/mol. The van der Waals surface area contributed by atoms with Gasteiger partial charge in [0.15, 0.2) is 0 Å². The maximum atomic E-state index is 11.5. The summed E-state index contributed by atoms with van der Waals surface area (Å²) in [6, 6.07) is 6.49. The first-order valence-electron chi connectivity index (χ1n) is 5.68. The lowest BCUT2D eigenvalue weighted by atomic mass is 10.3. The zero-order valence-corrected chi connectivity index (χ0v) is 10.6. The highest BCUT2D eigenvalue weighted by Gasteiger charge is 2.02. The van der Waals surface area contributed by atoms with Crippen LogP contribution in [0.15, 0.2) is 24.3 Å². The molecule has 4 N–H and O–H groups in total. The molecule has 0 unspecified atom stereocenters. The van der Waals surface area contributed by atoms with Crippen LogP contribution in [0.4, 0.5) is 16.2 Å². The van der Waals surface area contributed by atoms with Gasteiger partial charge in [0, 0.05) is 18.4 Å². The van der Waals surface area contributed by atoms with E-state index in [1.165, 1.54) is 7.05 Å². The molecule has 0 saturated carbocycles. The summed E-state index contributed by atoms with van der Waals surface area (Å²) in [5, 5.41) is 10.5. The molecule has 1 aromatic rings. The molecule has 6 nitrogen and oxygen atoms in total. The molecule has 0 heterocycles. The molecule has 19 heavy (non-hydrogen) atoms. The number of carbonyl (C=O) groups excluding carboxylic acids is 2. The molecule has 0 aromatic heterocycles. The molecule has 1 rings (SSSR count). The Bertz CT molecular complexity index is 476.